The molecule has 4 saturated carbocycles. The van der Waals surface area contributed by atoms with E-state index in [4.69, 9.17) is 4.74 Å². The molecule has 1 aromatic rings. The Labute approximate surface area is 169 Å². The molecule has 0 unspecified atom stereocenters. The molecule has 0 spiro atoms. The van der Waals surface area contributed by atoms with Gasteiger partial charge in [0.15, 0.2) is 0 Å². The van der Waals surface area contributed by atoms with E-state index in [9.17, 15) is 10.1 Å². The number of hydrogen-bond donors (Lipinski definition) is 0. The highest BCUT2D eigenvalue weighted by molar-refractivity contribution is 5.32. The van der Waals surface area contributed by atoms with Crippen LogP contribution in [0.25, 0.3) is 0 Å². The van der Waals surface area contributed by atoms with Gasteiger partial charge in [-0.1, -0.05) is 31.4 Å². The van der Waals surface area contributed by atoms with E-state index in [1.165, 1.54) is 63.4 Å². The molecule has 4 bridgehead atoms. The summed E-state index contributed by atoms with van der Waals surface area (Å²) in [4.78, 5) is 10.3. The number of aryl methyl sites for hydroxylation is 1. The van der Waals surface area contributed by atoms with Crippen molar-refractivity contribution in [1.29, 1.82) is 0 Å². The third-order valence-corrected chi connectivity index (χ3v) is 7.63. The maximum absolute atomic E-state index is 10.7. The lowest BCUT2D eigenvalue weighted by atomic mass is 9.52. The van der Waals surface area contributed by atoms with E-state index in [0.29, 0.717) is 0 Å². The van der Waals surface area contributed by atoms with Crippen LogP contribution in [0.3, 0.4) is 0 Å². The smallest absolute Gasteiger partial charge is 0.269 e. The van der Waals surface area contributed by atoms with E-state index in [-0.39, 0.29) is 10.6 Å². The number of ether oxygens (including phenoxy) is 1. The first-order chi connectivity index (χ1) is 13.7. The first-order valence-corrected chi connectivity index (χ1v) is 11.5. The van der Waals surface area contributed by atoms with Gasteiger partial charge in [0.1, 0.15) is 0 Å². The first-order valence-electron chi connectivity index (χ1n) is 11.5. The lowest BCUT2D eigenvalue weighted by Crippen LogP contribution is -2.46. The molecule has 0 saturated heterocycles. The summed E-state index contributed by atoms with van der Waals surface area (Å²) >= 11 is 0. The Bertz CT molecular complexity index is 614. The van der Waals surface area contributed by atoms with Gasteiger partial charge >= 0.3 is 0 Å². The second-order valence-corrected chi connectivity index (χ2v) is 9.61. The Morgan fingerprint density at radius 3 is 2.11 bits per heavy atom. The van der Waals surface area contributed by atoms with E-state index < -0.39 is 0 Å². The molecule has 28 heavy (non-hydrogen) atoms. The Hall–Kier alpha value is -1.42. The summed E-state index contributed by atoms with van der Waals surface area (Å²) in [6.07, 6.45) is 14.6. The summed E-state index contributed by atoms with van der Waals surface area (Å²) in [6.45, 7) is 1.96. The van der Waals surface area contributed by atoms with Crippen molar-refractivity contribution in [3.8, 4) is 0 Å². The minimum Gasteiger partial charge on any atom is -0.381 e. The number of rotatable bonds is 11. The molecule has 0 N–H and O–H groups in total. The number of benzene rings is 1. The van der Waals surface area contributed by atoms with E-state index in [1.54, 1.807) is 12.1 Å². The topological polar surface area (TPSA) is 52.4 Å². The van der Waals surface area contributed by atoms with Crippen LogP contribution in [0.1, 0.15) is 69.8 Å². The Morgan fingerprint density at radius 1 is 0.857 bits per heavy atom. The molecule has 4 fully saturated rings. The van der Waals surface area contributed by atoms with Gasteiger partial charge < -0.3 is 4.74 Å². The molecule has 4 aliphatic rings. The number of non-ortho nitro benzene ring substituents is 1. The minimum absolute atomic E-state index is 0.178. The number of hydrogen-bond acceptors (Lipinski definition) is 3. The van der Waals surface area contributed by atoms with Crippen molar-refractivity contribution in [2.75, 3.05) is 13.2 Å². The zero-order valence-electron chi connectivity index (χ0n) is 17.1. The Morgan fingerprint density at radius 2 is 1.46 bits per heavy atom. The number of unbranched alkanes of at least 4 members (excludes halogenated alkanes) is 4. The minimum atomic E-state index is -0.338. The molecule has 4 heteroatoms. The van der Waals surface area contributed by atoms with Crippen molar-refractivity contribution in [2.45, 2.75) is 70.6 Å². The highest BCUT2D eigenvalue weighted by Gasteiger charge is 2.47. The summed E-state index contributed by atoms with van der Waals surface area (Å²) in [5.74, 6) is 4.95. The van der Waals surface area contributed by atoms with E-state index >= 15 is 0 Å². The number of nitrogens with zero attached hydrogens (tertiary/aromatic N) is 1. The van der Waals surface area contributed by atoms with Crippen molar-refractivity contribution >= 4 is 5.69 Å². The predicted octanol–water partition coefficient (Wildman–Crippen LogP) is 6.18. The molecule has 0 atom stereocenters. The van der Waals surface area contributed by atoms with Crippen LogP contribution in [-0.4, -0.2) is 18.1 Å². The molecular weight excluding hydrogens is 350 g/mol. The van der Waals surface area contributed by atoms with Crippen LogP contribution in [0.5, 0.6) is 0 Å². The molecular formula is C24H35NO3. The molecule has 0 heterocycles. The summed E-state index contributed by atoms with van der Waals surface area (Å²) in [6, 6.07) is 6.98. The summed E-state index contributed by atoms with van der Waals surface area (Å²) in [7, 11) is 0. The molecule has 154 valence electrons. The standard InChI is InChI=1S/C24H35NO3/c26-25(27)23-9-7-18(8-10-23)6-4-2-1-3-5-11-28-17-24-21-13-19-12-20(15-21)16-22(24)14-19/h7-10,19-22,24H,1-6,11-17H2. The SMILES string of the molecule is O=[N+]([O-])c1ccc(CCCCCCCOCC2C3CC4CC(C3)CC2C4)cc1. The zero-order chi connectivity index (χ0) is 19.3. The highest BCUT2D eigenvalue weighted by Crippen LogP contribution is 2.56. The van der Waals surface area contributed by atoms with Gasteiger partial charge in [0.25, 0.3) is 5.69 Å². The predicted molar refractivity (Wildman–Crippen MR) is 111 cm³/mol. The fourth-order valence-electron chi connectivity index (χ4n) is 6.38. The third-order valence-electron chi connectivity index (χ3n) is 7.63. The van der Waals surface area contributed by atoms with Gasteiger partial charge in [0.2, 0.25) is 0 Å². The molecule has 4 aliphatic carbocycles. The average molecular weight is 386 g/mol. The molecule has 0 radical (unpaired) electrons. The zero-order valence-corrected chi connectivity index (χ0v) is 17.1. The van der Waals surface area contributed by atoms with Gasteiger partial charge in [-0.3, -0.25) is 10.1 Å². The molecule has 1 aromatic carbocycles. The van der Waals surface area contributed by atoms with E-state index in [2.05, 4.69) is 0 Å². The van der Waals surface area contributed by atoms with Crippen LogP contribution in [0.4, 0.5) is 5.69 Å². The van der Waals surface area contributed by atoms with Crippen LogP contribution < -0.4 is 0 Å². The second kappa shape index (κ2) is 9.39. The molecule has 5 rings (SSSR count). The summed E-state index contributed by atoms with van der Waals surface area (Å²) in [5.41, 5.74) is 1.38. The Kier molecular flexibility index (Phi) is 6.66. The normalized spacial score (nSPS) is 30.6. The van der Waals surface area contributed by atoms with Crippen molar-refractivity contribution in [2.24, 2.45) is 29.6 Å². The maximum atomic E-state index is 10.7. The largest absolute Gasteiger partial charge is 0.381 e. The second-order valence-electron chi connectivity index (χ2n) is 9.61. The van der Waals surface area contributed by atoms with Crippen LogP contribution in [-0.2, 0) is 11.2 Å². The fraction of sp³-hybridized carbons (Fsp3) is 0.750. The lowest BCUT2D eigenvalue weighted by molar-refractivity contribution is -0.384. The van der Waals surface area contributed by atoms with Crippen molar-refractivity contribution in [3.05, 3.63) is 39.9 Å². The van der Waals surface area contributed by atoms with Gasteiger partial charge in [-0.05, 0) is 86.5 Å². The van der Waals surface area contributed by atoms with Gasteiger partial charge in [0, 0.05) is 25.3 Å². The van der Waals surface area contributed by atoms with Crippen LogP contribution in [0.15, 0.2) is 24.3 Å². The van der Waals surface area contributed by atoms with E-state index in [0.717, 1.165) is 55.6 Å². The Balaban J connectivity index is 1.02. The van der Waals surface area contributed by atoms with Gasteiger partial charge in [-0.2, -0.15) is 0 Å². The van der Waals surface area contributed by atoms with Crippen LogP contribution in [0.2, 0.25) is 0 Å². The molecule has 0 aromatic heterocycles. The van der Waals surface area contributed by atoms with Gasteiger partial charge in [-0.15, -0.1) is 0 Å². The average Bonchev–Trinajstić information content (AvgIpc) is 2.68. The number of nitro groups is 1. The first kappa shape index (κ1) is 19.9. The lowest BCUT2D eigenvalue weighted by Gasteiger charge is -2.54. The van der Waals surface area contributed by atoms with Crippen LogP contribution >= 0.6 is 0 Å². The maximum Gasteiger partial charge on any atom is 0.269 e. The molecule has 0 amide bonds. The molecule has 0 aliphatic heterocycles. The van der Waals surface area contributed by atoms with Crippen LogP contribution in [0, 0.1) is 39.7 Å². The summed E-state index contributed by atoms with van der Waals surface area (Å²) in [5, 5.41) is 10.7. The van der Waals surface area contributed by atoms with Gasteiger partial charge in [-0.25, -0.2) is 0 Å². The molecule has 4 nitrogen and oxygen atoms in total. The quantitative estimate of drug-likeness (QED) is 0.260. The number of nitro benzene ring substituents is 1. The van der Waals surface area contributed by atoms with E-state index in [1.807, 2.05) is 12.1 Å². The fourth-order valence-corrected chi connectivity index (χ4v) is 6.38. The van der Waals surface area contributed by atoms with Crippen molar-refractivity contribution in [3.63, 3.8) is 0 Å². The van der Waals surface area contributed by atoms with Gasteiger partial charge in [0.05, 0.1) is 4.92 Å². The van der Waals surface area contributed by atoms with Crippen molar-refractivity contribution in [1.82, 2.24) is 0 Å². The van der Waals surface area contributed by atoms with Crippen molar-refractivity contribution < 1.29 is 9.66 Å². The summed E-state index contributed by atoms with van der Waals surface area (Å²) < 4.78 is 6.11. The highest BCUT2D eigenvalue weighted by atomic mass is 16.6. The monoisotopic (exact) mass is 385 g/mol. The third kappa shape index (κ3) is 4.94.